The first-order chi connectivity index (χ1) is 9.25. The molecule has 2 aromatic rings. The molecule has 1 fully saturated rings. The summed E-state index contributed by atoms with van der Waals surface area (Å²) in [4.78, 5) is 0. The monoisotopic (exact) mass is 277 g/mol. The highest BCUT2D eigenvalue weighted by Gasteiger charge is 2.23. The van der Waals surface area contributed by atoms with Crippen LogP contribution >= 0.6 is 11.6 Å². The molecule has 0 amide bonds. The molecule has 1 saturated heterocycles. The van der Waals surface area contributed by atoms with Crippen molar-refractivity contribution in [1.29, 1.82) is 0 Å². The number of aromatic nitrogens is 2. The second kappa shape index (κ2) is 5.31. The number of nitrogens with one attached hydrogen (secondary N) is 1. The average molecular weight is 278 g/mol. The number of hydrogen-bond acceptors (Lipinski definition) is 4. The lowest BCUT2D eigenvalue weighted by atomic mass is 10.1. The van der Waals surface area contributed by atoms with E-state index in [9.17, 15) is 0 Å². The van der Waals surface area contributed by atoms with Crippen LogP contribution in [0.15, 0.2) is 24.3 Å². The van der Waals surface area contributed by atoms with Gasteiger partial charge in [-0.15, -0.1) is 10.2 Å². The van der Waals surface area contributed by atoms with Crippen LogP contribution in [0.2, 0.25) is 5.15 Å². The number of nitrogens with zero attached hydrogens (tertiary/aromatic N) is 2. The van der Waals surface area contributed by atoms with E-state index in [1.165, 1.54) is 0 Å². The zero-order valence-corrected chi connectivity index (χ0v) is 11.5. The fraction of sp³-hybridized carbons (Fsp3) is 0.429. The van der Waals surface area contributed by atoms with Crippen LogP contribution in [0.1, 0.15) is 19.8 Å². The van der Waals surface area contributed by atoms with E-state index in [2.05, 4.69) is 22.4 Å². The van der Waals surface area contributed by atoms with E-state index in [0.29, 0.717) is 5.15 Å². The van der Waals surface area contributed by atoms with E-state index in [-0.39, 0.29) is 12.1 Å². The first-order valence-electron chi connectivity index (χ1n) is 6.55. The maximum absolute atomic E-state index is 6.07. The summed E-state index contributed by atoms with van der Waals surface area (Å²) in [7, 11) is 0. The Balaban J connectivity index is 1.90. The summed E-state index contributed by atoms with van der Waals surface area (Å²) in [6, 6.07) is 8.08. The molecule has 1 aliphatic rings. The van der Waals surface area contributed by atoms with Crippen molar-refractivity contribution in [3.05, 3.63) is 29.4 Å². The molecule has 0 spiro atoms. The summed E-state index contributed by atoms with van der Waals surface area (Å²) in [6.07, 6.45) is 2.47. The van der Waals surface area contributed by atoms with Crippen molar-refractivity contribution in [3.63, 3.8) is 0 Å². The van der Waals surface area contributed by atoms with Crippen LogP contribution in [0.4, 0.5) is 5.82 Å². The topological polar surface area (TPSA) is 47.0 Å². The summed E-state index contributed by atoms with van der Waals surface area (Å²) in [6.45, 7) is 2.96. The third-order valence-electron chi connectivity index (χ3n) is 3.53. The van der Waals surface area contributed by atoms with Gasteiger partial charge in [0.05, 0.1) is 12.1 Å². The molecule has 2 unspecified atom stereocenters. The number of fused-ring (bicyclic) bond motifs is 1. The number of rotatable bonds is 3. The molecule has 2 heterocycles. The van der Waals surface area contributed by atoms with Gasteiger partial charge in [-0.2, -0.15) is 0 Å². The molecule has 1 N–H and O–H groups in total. The second-order valence-electron chi connectivity index (χ2n) is 4.87. The summed E-state index contributed by atoms with van der Waals surface area (Å²) in [5, 5.41) is 13.9. The summed E-state index contributed by atoms with van der Waals surface area (Å²) < 4.78 is 5.69. The zero-order valence-electron chi connectivity index (χ0n) is 10.8. The van der Waals surface area contributed by atoms with Gasteiger partial charge in [-0.1, -0.05) is 35.9 Å². The number of hydrogen-bond donors (Lipinski definition) is 1. The lowest BCUT2D eigenvalue weighted by molar-refractivity contribution is 0.0996. The van der Waals surface area contributed by atoms with Crippen LogP contribution < -0.4 is 5.32 Å². The molecular weight excluding hydrogens is 262 g/mol. The van der Waals surface area contributed by atoms with Crippen molar-refractivity contribution in [1.82, 2.24) is 10.2 Å². The smallest absolute Gasteiger partial charge is 0.159 e. The van der Waals surface area contributed by atoms with Crippen LogP contribution in [0.3, 0.4) is 0 Å². The van der Waals surface area contributed by atoms with E-state index in [1.54, 1.807) is 0 Å². The van der Waals surface area contributed by atoms with E-state index in [0.717, 1.165) is 36.0 Å². The molecule has 1 aromatic heterocycles. The minimum absolute atomic E-state index is 0.210. The Morgan fingerprint density at radius 3 is 2.84 bits per heavy atom. The number of anilines is 1. The van der Waals surface area contributed by atoms with E-state index < -0.39 is 0 Å². The van der Waals surface area contributed by atoms with Crippen molar-refractivity contribution in [2.45, 2.75) is 31.9 Å². The van der Waals surface area contributed by atoms with E-state index in [4.69, 9.17) is 16.3 Å². The van der Waals surface area contributed by atoms with Crippen LogP contribution in [-0.4, -0.2) is 29.0 Å². The fourth-order valence-corrected chi connectivity index (χ4v) is 2.69. The van der Waals surface area contributed by atoms with Crippen LogP contribution in [0, 0.1) is 0 Å². The van der Waals surface area contributed by atoms with Crippen molar-refractivity contribution in [2.24, 2.45) is 0 Å². The Hall–Kier alpha value is -1.39. The van der Waals surface area contributed by atoms with Gasteiger partial charge in [0.2, 0.25) is 0 Å². The Morgan fingerprint density at radius 1 is 1.32 bits per heavy atom. The molecule has 1 aliphatic heterocycles. The maximum atomic E-state index is 6.07. The SMILES string of the molecule is CC(Nc1nnc(Cl)c2ccccc12)C1CCCO1. The van der Waals surface area contributed by atoms with Crippen molar-refractivity contribution < 1.29 is 4.74 Å². The van der Waals surface area contributed by atoms with Crippen LogP contribution in [-0.2, 0) is 4.74 Å². The molecule has 5 heteroatoms. The highest BCUT2D eigenvalue weighted by molar-refractivity contribution is 6.34. The Labute approximate surface area is 117 Å². The standard InChI is InChI=1S/C14H16ClN3O/c1-9(12-7-4-8-19-12)16-14-11-6-3-2-5-10(11)13(15)17-18-14/h2-3,5-6,9,12H,4,7-8H2,1H3,(H,16,18). The van der Waals surface area contributed by atoms with Gasteiger partial charge in [-0.05, 0) is 19.8 Å². The van der Waals surface area contributed by atoms with E-state index >= 15 is 0 Å². The quantitative estimate of drug-likeness (QED) is 0.935. The Kier molecular flexibility index (Phi) is 3.53. The highest BCUT2D eigenvalue weighted by Crippen LogP contribution is 2.27. The molecule has 0 saturated carbocycles. The van der Waals surface area contributed by atoms with Gasteiger partial charge in [0.15, 0.2) is 11.0 Å². The predicted octanol–water partition coefficient (Wildman–Crippen LogP) is 3.26. The molecule has 100 valence electrons. The normalized spacial score (nSPS) is 20.6. The van der Waals surface area contributed by atoms with Gasteiger partial charge in [-0.3, -0.25) is 0 Å². The largest absolute Gasteiger partial charge is 0.376 e. The molecule has 0 radical (unpaired) electrons. The second-order valence-corrected chi connectivity index (χ2v) is 5.23. The third-order valence-corrected chi connectivity index (χ3v) is 3.81. The van der Waals surface area contributed by atoms with Gasteiger partial charge in [-0.25, -0.2) is 0 Å². The van der Waals surface area contributed by atoms with Gasteiger partial charge in [0.1, 0.15) is 0 Å². The van der Waals surface area contributed by atoms with Gasteiger partial charge >= 0.3 is 0 Å². The molecular formula is C14H16ClN3O. The van der Waals surface area contributed by atoms with E-state index in [1.807, 2.05) is 24.3 Å². The van der Waals surface area contributed by atoms with Crippen LogP contribution in [0.5, 0.6) is 0 Å². The van der Waals surface area contributed by atoms with Crippen molar-refractivity contribution >= 4 is 28.2 Å². The van der Waals surface area contributed by atoms with Crippen LogP contribution in [0.25, 0.3) is 10.8 Å². The maximum Gasteiger partial charge on any atom is 0.159 e. The molecule has 19 heavy (non-hydrogen) atoms. The van der Waals surface area contributed by atoms with Gasteiger partial charge < -0.3 is 10.1 Å². The first kappa shape index (κ1) is 12.6. The number of ether oxygens (including phenoxy) is 1. The van der Waals surface area contributed by atoms with Crippen molar-refractivity contribution in [3.8, 4) is 0 Å². The molecule has 1 aromatic carbocycles. The third kappa shape index (κ3) is 2.51. The molecule has 4 nitrogen and oxygen atoms in total. The van der Waals surface area contributed by atoms with Crippen molar-refractivity contribution in [2.75, 3.05) is 11.9 Å². The number of benzene rings is 1. The molecule has 0 bridgehead atoms. The first-order valence-corrected chi connectivity index (χ1v) is 6.92. The Bertz CT molecular complexity index is 584. The Morgan fingerprint density at radius 2 is 2.11 bits per heavy atom. The molecule has 0 aliphatic carbocycles. The summed E-state index contributed by atoms with van der Waals surface area (Å²) in [5.41, 5.74) is 0. The lowest BCUT2D eigenvalue weighted by Gasteiger charge is -2.21. The molecule has 3 rings (SSSR count). The minimum Gasteiger partial charge on any atom is -0.376 e. The number of halogens is 1. The lowest BCUT2D eigenvalue weighted by Crippen LogP contribution is -2.30. The average Bonchev–Trinajstić information content (AvgIpc) is 2.96. The molecule has 2 atom stereocenters. The summed E-state index contributed by atoms with van der Waals surface area (Å²) in [5.74, 6) is 0.767. The zero-order chi connectivity index (χ0) is 13.2. The van der Waals surface area contributed by atoms with Gasteiger partial charge in [0.25, 0.3) is 0 Å². The fourth-order valence-electron chi connectivity index (χ4n) is 2.48. The summed E-state index contributed by atoms with van der Waals surface area (Å²) >= 11 is 6.07. The highest BCUT2D eigenvalue weighted by atomic mass is 35.5. The minimum atomic E-state index is 0.210. The van der Waals surface area contributed by atoms with Gasteiger partial charge in [0, 0.05) is 17.4 Å². The predicted molar refractivity (Wildman–Crippen MR) is 76.6 cm³/mol.